The predicted octanol–water partition coefficient (Wildman–Crippen LogP) is 3.79. The summed E-state index contributed by atoms with van der Waals surface area (Å²) in [6.07, 6.45) is 10.6. The van der Waals surface area contributed by atoms with Crippen LogP contribution in [0.3, 0.4) is 0 Å². The molecule has 0 amide bonds. The molecule has 6 heteroatoms. The van der Waals surface area contributed by atoms with Gasteiger partial charge in [0.05, 0.1) is 6.54 Å². The van der Waals surface area contributed by atoms with E-state index in [9.17, 15) is 0 Å². The zero-order chi connectivity index (χ0) is 16.7. The van der Waals surface area contributed by atoms with E-state index in [-0.39, 0.29) is 24.0 Å². The fraction of sp³-hybridized carbons (Fsp3) is 0.778. The van der Waals surface area contributed by atoms with Gasteiger partial charge in [-0.2, -0.15) is 0 Å². The largest absolute Gasteiger partial charge is 0.356 e. The van der Waals surface area contributed by atoms with Crippen LogP contribution in [0.4, 0.5) is 0 Å². The molecule has 5 nitrogen and oxygen atoms in total. The van der Waals surface area contributed by atoms with E-state index in [0.29, 0.717) is 17.9 Å². The molecule has 0 unspecified atom stereocenters. The van der Waals surface area contributed by atoms with Gasteiger partial charge in [-0.1, -0.05) is 33.6 Å². The molecule has 1 aliphatic carbocycles. The van der Waals surface area contributed by atoms with Crippen LogP contribution in [0.5, 0.6) is 0 Å². The highest BCUT2D eigenvalue weighted by molar-refractivity contribution is 14.0. The van der Waals surface area contributed by atoms with Crippen molar-refractivity contribution in [3.63, 3.8) is 0 Å². The van der Waals surface area contributed by atoms with Crippen molar-refractivity contribution in [2.24, 2.45) is 16.3 Å². The zero-order valence-electron chi connectivity index (χ0n) is 15.6. The first-order valence-electron chi connectivity index (χ1n) is 9.03. The maximum absolute atomic E-state index is 4.46. The number of halogens is 1. The molecule has 2 N–H and O–H groups in total. The fourth-order valence-electron chi connectivity index (χ4n) is 3.50. The number of aliphatic imine (C=N–C) groups is 1. The van der Waals surface area contributed by atoms with Crippen LogP contribution in [0, 0.1) is 11.3 Å². The summed E-state index contributed by atoms with van der Waals surface area (Å²) in [5.41, 5.74) is 0.466. The van der Waals surface area contributed by atoms with E-state index >= 15 is 0 Å². The summed E-state index contributed by atoms with van der Waals surface area (Å²) < 4.78 is 2.22. The number of hydrogen-bond acceptors (Lipinski definition) is 2. The standard InChI is InChI=1S/C18H33N5.HI/c1-5-18(8-6-7-9-18)14-22-17(19-4)21-12-16-20-10-11-23(16)13-15(2)3;/h10-11,15H,5-9,12-14H2,1-4H3,(H2,19,21,22);1H. The first-order valence-corrected chi connectivity index (χ1v) is 9.03. The van der Waals surface area contributed by atoms with E-state index in [4.69, 9.17) is 0 Å². The van der Waals surface area contributed by atoms with Gasteiger partial charge in [-0.25, -0.2) is 4.98 Å². The quantitative estimate of drug-likeness (QED) is 0.380. The van der Waals surface area contributed by atoms with Gasteiger partial charge in [0.2, 0.25) is 0 Å². The third-order valence-corrected chi connectivity index (χ3v) is 5.05. The fourth-order valence-corrected chi connectivity index (χ4v) is 3.50. The van der Waals surface area contributed by atoms with Gasteiger partial charge in [0.25, 0.3) is 0 Å². The molecule has 1 saturated carbocycles. The average Bonchev–Trinajstić information content (AvgIpc) is 3.17. The second-order valence-electron chi connectivity index (χ2n) is 7.23. The predicted molar refractivity (Wildman–Crippen MR) is 112 cm³/mol. The van der Waals surface area contributed by atoms with Crippen molar-refractivity contribution in [2.45, 2.75) is 66.0 Å². The van der Waals surface area contributed by atoms with Crippen molar-refractivity contribution in [1.82, 2.24) is 20.2 Å². The van der Waals surface area contributed by atoms with Gasteiger partial charge in [0.1, 0.15) is 5.82 Å². The molecular weight excluding hydrogens is 413 g/mol. The van der Waals surface area contributed by atoms with Crippen molar-refractivity contribution in [1.29, 1.82) is 0 Å². The Bertz CT molecular complexity index is 503. The summed E-state index contributed by atoms with van der Waals surface area (Å²) in [6.45, 7) is 9.49. The van der Waals surface area contributed by atoms with Crippen molar-refractivity contribution < 1.29 is 0 Å². The molecule has 0 spiro atoms. The van der Waals surface area contributed by atoms with E-state index in [1.807, 2.05) is 13.2 Å². The highest BCUT2D eigenvalue weighted by atomic mass is 127. The van der Waals surface area contributed by atoms with Gasteiger partial charge in [-0.05, 0) is 30.6 Å². The highest BCUT2D eigenvalue weighted by Gasteiger charge is 2.31. The molecule has 0 aromatic carbocycles. The van der Waals surface area contributed by atoms with Crippen LogP contribution in [-0.4, -0.2) is 29.1 Å². The van der Waals surface area contributed by atoms with Crippen LogP contribution in [0.25, 0.3) is 0 Å². The number of imidazole rings is 1. The number of rotatable bonds is 7. The first kappa shape index (κ1) is 21.3. The number of nitrogens with zero attached hydrogens (tertiary/aromatic N) is 3. The second-order valence-corrected chi connectivity index (χ2v) is 7.23. The molecule has 2 rings (SSSR count). The van der Waals surface area contributed by atoms with Crippen LogP contribution in [-0.2, 0) is 13.1 Å². The van der Waals surface area contributed by atoms with Crippen molar-refractivity contribution in [3.05, 3.63) is 18.2 Å². The third-order valence-electron chi connectivity index (χ3n) is 5.05. The first-order chi connectivity index (χ1) is 11.1. The molecule has 0 bridgehead atoms. The molecule has 0 atom stereocenters. The van der Waals surface area contributed by atoms with E-state index in [1.54, 1.807) is 0 Å². The van der Waals surface area contributed by atoms with Crippen LogP contribution in [0.1, 0.15) is 58.7 Å². The third kappa shape index (κ3) is 5.93. The van der Waals surface area contributed by atoms with Gasteiger partial charge in [0.15, 0.2) is 5.96 Å². The number of nitrogens with one attached hydrogen (secondary N) is 2. The summed E-state index contributed by atoms with van der Waals surface area (Å²) >= 11 is 0. The monoisotopic (exact) mass is 447 g/mol. The van der Waals surface area contributed by atoms with Crippen LogP contribution >= 0.6 is 24.0 Å². The average molecular weight is 447 g/mol. The maximum atomic E-state index is 4.46. The van der Waals surface area contributed by atoms with Crippen molar-refractivity contribution in [3.8, 4) is 0 Å². The lowest BCUT2D eigenvalue weighted by Gasteiger charge is -2.28. The molecule has 1 fully saturated rings. The molecule has 138 valence electrons. The SMILES string of the molecule is CCC1(CNC(=NC)NCc2nccn2CC(C)C)CCCC1.I. The number of guanidine groups is 1. The Morgan fingerprint density at radius 2 is 2.04 bits per heavy atom. The maximum Gasteiger partial charge on any atom is 0.191 e. The Kier molecular flexibility index (Phi) is 9.08. The molecule has 1 aromatic heterocycles. The summed E-state index contributed by atoms with van der Waals surface area (Å²) in [5, 5.41) is 6.93. The molecule has 0 radical (unpaired) electrons. The molecule has 0 saturated heterocycles. The second kappa shape index (κ2) is 10.3. The summed E-state index contributed by atoms with van der Waals surface area (Å²) in [5.74, 6) is 2.56. The number of aromatic nitrogens is 2. The minimum absolute atomic E-state index is 0. The molecule has 1 aliphatic rings. The van der Waals surface area contributed by atoms with Gasteiger partial charge >= 0.3 is 0 Å². The Morgan fingerprint density at radius 3 is 2.62 bits per heavy atom. The van der Waals surface area contributed by atoms with Gasteiger partial charge in [-0.15, -0.1) is 24.0 Å². The van der Waals surface area contributed by atoms with E-state index in [0.717, 1.165) is 24.9 Å². The minimum atomic E-state index is 0. The Morgan fingerprint density at radius 1 is 1.33 bits per heavy atom. The molecular formula is C18H34IN5. The minimum Gasteiger partial charge on any atom is -0.356 e. The van der Waals surface area contributed by atoms with Crippen LogP contribution < -0.4 is 10.6 Å². The van der Waals surface area contributed by atoms with Crippen molar-refractivity contribution >= 4 is 29.9 Å². The summed E-state index contributed by atoms with van der Waals surface area (Å²) in [4.78, 5) is 8.82. The topological polar surface area (TPSA) is 54.2 Å². The lowest BCUT2D eigenvalue weighted by atomic mass is 9.83. The van der Waals surface area contributed by atoms with Crippen LogP contribution in [0.15, 0.2) is 17.4 Å². The van der Waals surface area contributed by atoms with Gasteiger partial charge in [-0.3, -0.25) is 4.99 Å². The summed E-state index contributed by atoms with van der Waals surface area (Å²) in [6, 6.07) is 0. The molecule has 1 heterocycles. The Hall–Kier alpha value is -0.790. The van der Waals surface area contributed by atoms with E-state index in [2.05, 4.69) is 52.1 Å². The van der Waals surface area contributed by atoms with Gasteiger partial charge < -0.3 is 15.2 Å². The highest BCUT2D eigenvalue weighted by Crippen LogP contribution is 2.40. The normalized spacial score (nSPS) is 17.0. The van der Waals surface area contributed by atoms with E-state index in [1.165, 1.54) is 32.1 Å². The van der Waals surface area contributed by atoms with E-state index < -0.39 is 0 Å². The van der Waals surface area contributed by atoms with Crippen LogP contribution in [0.2, 0.25) is 0 Å². The van der Waals surface area contributed by atoms with Crippen molar-refractivity contribution in [2.75, 3.05) is 13.6 Å². The Labute approximate surface area is 164 Å². The zero-order valence-corrected chi connectivity index (χ0v) is 18.0. The smallest absolute Gasteiger partial charge is 0.191 e. The lowest BCUT2D eigenvalue weighted by molar-refractivity contribution is 0.283. The van der Waals surface area contributed by atoms with Gasteiger partial charge in [0, 0.05) is 32.5 Å². The number of hydrogen-bond donors (Lipinski definition) is 2. The summed E-state index contributed by atoms with van der Waals surface area (Å²) in [7, 11) is 1.84. The molecule has 0 aliphatic heterocycles. The molecule has 1 aromatic rings. The molecule has 24 heavy (non-hydrogen) atoms. The Balaban J connectivity index is 0.00000288. The lowest BCUT2D eigenvalue weighted by Crippen LogP contribution is -2.42.